The molecule has 6 heteroatoms. The van der Waals surface area contributed by atoms with Gasteiger partial charge in [-0.3, -0.25) is 4.79 Å². The van der Waals surface area contributed by atoms with Gasteiger partial charge in [-0.15, -0.1) is 10.2 Å². The van der Waals surface area contributed by atoms with Crippen LogP contribution in [0.4, 0.5) is 0 Å². The molecule has 1 atom stereocenters. The van der Waals surface area contributed by atoms with Gasteiger partial charge in [-0.1, -0.05) is 11.1 Å². The summed E-state index contributed by atoms with van der Waals surface area (Å²) >= 11 is 0. The van der Waals surface area contributed by atoms with Crippen LogP contribution in [-0.4, -0.2) is 26.5 Å². The first-order valence-electron chi connectivity index (χ1n) is 3.70. The Balaban J connectivity index is 2.54. The highest BCUT2D eigenvalue weighted by Crippen LogP contribution is 2.01. The van der Waals surface area contributed by atoms with E-state index in [2.05, 4.69) is 37.8 Å². The Morgan fingerprint density at radius 3 is 3.00 bits per heavy atom. The van der Waals surface area contributed by atoms with Crippen LogP contribution in [0, 0.1) is 11.8 Å². The molecular formula is C7H9N5O. The van der Waals surface area contributed by atoms with E-state index in [1.54, 1.807) is 13.8 Å². The third-order valence-electron chi connectivity index (χ3n) is 1.34. The van der Waals surface area contributed by atoms with Gasteiger partial charge in [-0.25, -0.2) is 0 Å². The number of hydrogen-bond donors (Lipinski definition) is 2. The summed E-state index contributed by atoms with van der Waals surface area (Å²) in [6, 6.07) is -0.285. The minimum atomic E-state index is -0.347. The zero-order valence-corrected chi connectivity index (χ0v) is 7.33. The molecule has 1 amide bonds. The number of aromatic amines is 1. The van der Waals surface area contributed by atoms with Crippen LogP contribution in [-0.2, 0) is 4.79 Å². The van der Waals surface area contributed by atoms with Crippen LogP contribution in [0.25, 0.3) is 0 Å². The predicted octanol–water partition coefficient (Wildman–Crippen LogP) is -0.600. The molecule has 1 aromatic rings. The predicted molar refractivity (Wildman–Crippen MR) is 44.2 cm³/mol. The van der Waals surface area contributed by atoms with E-state index < -0.39 is 0 Å². The van der Waals surface area contributed by atoms with E-state index in [0.29, 0.717) is 5.82 Å². The van der Waals surface area contributed by atoms with E-state index >= 15 is 0 Å². The molecule has 0 aromatic carbocycles. The number of tetrazole rings is 1. The van der Waals surface area contributed by atoms with Crippen molar-refractivity contribution in [3.63, 3.8) is 0 Å². The molecule has 1 heterocycles. The van der Waals surface area contributed by atoms with E-state index in [0.717, 1.165) is 0 Å². The van der Waals surface area contributed by atoms with Gasteiger partial charge in [-0.2, -0.15) is 5.21 Å². The number of carbonyl (C=O) groups is 1. The van der Waals surface area contributed by atoms with Crippen molar-refractivity contribution in [2.45, 2.75) is 19.9 Å². The summed E-state index contributed by atoms with van der Waals surface area (Å²) in [4.78, 5) is 11.0. The van der Waals surface area contributed by atoms with Crippen LogP contribution in [0.1, 0.15) is 25.7 Å². The van der Waals surface area contributed by atoms with Gasteiger partial charge in [-0.05, 0) is 19.8 Å². The normalized spacial score (nSPS) is 11.2. The molecule has 1 rings (SSSR count). The molecule has 0 saturated carbocycles. The van der Waals surface area contributed by atoms with Crippen molar-refractivity contribution in [3.8, 4) is 11.8 Å². The van der Waals surface area contributed by atoms with E-state index in [9.17, 15) is 4.79 Å². The number of nitrogens with one attached hydrogen (secondary N) is 2. The second-order valence-electron chi connectivity index (χ2n) is 2.34. The minimum absolute atomic E-state index is 0.285. The molecule has 0 aliphatic carbocycles. The fourth-order valence-electron chi connectivity index (χ4n) is 0.764. The van der Waals surface area contributed by atoms with E-state index in [-0.39, 0.29) is 11.9 Å². The van der Waals surface area contributed by atoms with Crippen molar-refractivity contribution < 1.29 is 4.79 Å². The smallest absolute Gasteiger partial charge is 0.296 e. The Hall–Kier alpha value is -1.90. The molecule has 0 bridgehead atoms. The molecule has 13 heavy (non-hydrogen) atoms. The number of nitrogens with zero attached hydrogens (tertiary/aromatic N) is 3. The highest BCUT2D eigenvalue weighted by molar-refractivity contribution is 5.93. The Morgan fingerprint density at radius 2 is 2.46 bits per heavy atom. The number of rotatable bonds is 2. The molecule has 0 saturated heterocycles. The number of amides is 1. The summed E-state index contributed by atoms with van der Waals surface area (Å²) in [6.07, 6.45) is 0. The zero-order chi connectivity index (χ0) is 9.68. The average Bonchev–Trinajstić information content (AvgIpc) is 2.55. The monoisotopic (exact) mass is 179 g/mol. The molecule has 0 radical (unpaired) electrons. The van der Waals surface area contributed by atoms with Gasteiger partial charge in [0.25, 0.3) is 5.91 Å². The number of hydrogen-bond acceptors (Lipinski definition) is 4. The lowest BCUT2D eigenvalue weighted by Crippen LogP contribution is -2.25. The highest BCUT2D eigenvalue weighted by atomic mass is 16.1. The van der Waals surface area contributed by atoms with Gasteiger partial charge >= 0.3 is 0 Å². The summed E-state index contributed by atoms with van der Waals surface area (Å²) in [5.74, 6) is 4.93. The van der Waals surface area contributed by atoms with Crippen LogP contribution in [0.2, 0.25) is 0 Å². The highest BCUT2D eigenvalue weighted by Gasteiger charge is 2.11. The van der Waals surface area contributed by atoms with Crippen molar-refractivity contribution in [2.75, 3.05) is 0 Å². The van der Waals surface area contributed by atoms with Crippen molar-refractivity contribution in [2.24, 2.45) is 0 Å². The molecule has 2 N–H and O–H groups in total. The number of aromatic nitrogens is 4. The van der Waals surface area contributed by atoms with Crippen molar-refractivity contribution in [1.82, 2.24) is 25.9 Å². The lowest BCUT2D eigenvalue weighted by molar-refractivity contribution is -0.116. The van der Waals surface area contributed by atoms with Gasteiger partial charge in [0.2, 0.25) is 0 Å². The van der Waals surface area contributed by atoms with E-state index in [4.69, 9.17) is 0 Å². The van der Waals surface area contributed by atoms with Gasteiger partial charge in [0.05, 0.1) is 6.04 Å². The van der Waals surface area contributed by atoms with Crippen LogP contribution >= 0.6 is 0 Å². The van der Waals surface area contributed by atoms with Crippen molar-refractivity contribution in [3.05, 3.63) is 5.82 Å². The maximum atomic E-state index is 11.0. The van der Waals surface area contributed by atoms with Gasteiger partial charge in [0.1, 0.15) is 0 Å². The maximum Gasteiger partial charge on any atom is 0.296 e. The zero-order valence-electron chi connectivity index (χ0n) is 7.33. The Kier molecular flexibility index (Phi) is 2.97. The first kappa shape index (κ1) is 9.19. The second-order valence-corrected chi connectivity index (χ2v) is 2.34. The van der Waals surface area contributed by atoms with Crippen LogP contribution in [0.5, 0.6) is 0 Å². The summed E-state index contributed by atoms with van der Waals surface area (Å²) < 4.78 is 0. The first-order valence-corrected chi connectivity index (χ1v) is 3.70. The van der Waals surface area contributed by atoms with Crippen LogP contribution < -0.4 is 5.32 Å². The number of H-pyrrole nitrogens is 1. The number of carbonyl (C=O) groups excluding carboxylic acids is 1. The van der Waals surface area contributed by atoms with E-state index in [1.165, 1.54) is 0 Å². The Bertz CT molecular complexity index is 334. The fourth-order valence-corrected chi connectivity index (χ4v) is 0.764. The van der Waals surface area contributed by atoms with Gasteiger partial charge in [0.15, 0.2) is 5.82 Å². The molecule has 0 spiro atoms. The van der Waals surface area contributed by atoms with Crippen LogP contribution in [0.15, 0.2) is 0 Å². The first-order chi connectivity index (χ1) is 6.24. The molecule has 0 fully saturated rings. The van der Waals surface area contributed by atoms with Crippen LogP contribution in [0.3, 0.4) is 0 Å². The summed E-state index contributed by atoms with van der Waals surface area (Å²) in [5, 5.41) is 15.7. The van der Waals surface area contributed by atoms with Crippen molar-refractivity contribution >= 4 is 5.91 Å². The lowest BCUT2D eigenvalue weighted by atomic mass is 10.3. The quantitative estimate of drug-likeness (QED) is 0.594. The average molecular weight is 179 g/mol. The fraction of sp³-hybridized carbons (Fsp3) is 0.429. The summed E-state index contributed by atoms with van der Waals surface area (Å²) in [7, 11) is 0. The summed E-state index contributed by atoms with van der Waals surface area (Å²) in [6.45, 7) is 3.35. The molecule has 1 aromatic heterocycles. The standard InChI is InChI=1S/C7H9N5O/c1-3-4-6(13)8-5(2)7-9-11-12-10-7/h5H,1-2H3,(H,8,13)(H,9,10,11,12). The Morgan fingerprint density at radius 1 is 1.69 bits per heavy atom. The topological polar surface area (TPSA) is 83.6 Å². The lowest BCUT2D eigenvalue weighted by Gasteiger charge is -2.05. The Labute approximate surface area is 75.1 Å². The molecule has 0 aliphatic rings. The molecular weight excluding hydrogens is 170 g/mol. The molecule has 6 nitrogen and oxygen atoms in total. The third kappa shape index (κ3) is 2.56. The van der Waals surface area contributed by atoms with E-state index in [1.807, 2.05) is 0 Å². The molecule has 0 aliphatic heterocycles. The van der Waals surface area contributed by atoms with Crippen molar-refractivity contribution in [1.29, 1.82) is 0 Å². The van der Waals surface area contributed by atoms with Gasteiger partial charge < -0.3 is 5.32 Å². The molecule has 68 valence electrons. The molecule has 1 unspecified atom stereocenters. The summed E-state index contributed by atoms with van der Waals surface area (Å²) in [5.41, 5.74) is 0. The minimum Gasteiger partial charge on any atom is -0.335 e. The largest absolute Gasteiger partial charge is 0.335 e. The maximum absolute atomic E-state index is 11.0. The second kappa shape index (κ2) is 4.21. The SMILES string of the molecule is CC#CC(=O)NC(C)c1nn[nH]n1. The van der Waals surface area contributed by atoms with Gasteiger partial charge in [0, 0.05) is 0 Å². The third-order valence-corrected chi connectivity index (χ3v) is 1.34.